The normalized spacial score (nSPS) is 8.87. The highest BCUT2D eigenvalue weighted by Gasteiger charge is 2.03. The molecule has 0 aliphatic rings. The van der Waals surface area contributed by atoms with Gasteiger partial charge >= 0.3 is 5.97 Å². The first-order valence-electron chi connectivity index (χ1n) is 4.20. The number of benzene rings is 1. The number of carboxylic acid groups (broad SMARTS) is 1. The van der Waals surface area contributed by atoms with E-state index in [1.54, 1.807) is 12.1 Å². The predicted molar refractivity (Wildman–Crippen MR) is 60.7 cm³/mol. The Morgan fingerprint density at radius 1 is 1.40 bits per heavy atom. The van der Waals surface area contributed by atoms with Crippen molar-refractivity contribution in [2.24, 2.45) is 0 Å². The first-order valence-corrected chi connectivity index (χ1v) is 4.20. The highest BCUT2D eigenvalue weighted by atomic mass is 35.5. The molecule has 15 heavy (non-hydrogen) atoms. The van der Waals surface area contributed by atoms with Crippen molar-refractivity contribution in [3.8, 4) is 5.75 Å². The van der Waals surface area contributed by atoms with Gasteiger partial charge in [0.25, 0.3) is 0 Å². The van der Waals surface area contributed by atoms with Gasteiger partial charge in [-0.3, -0.25) is 0 Å². The van der Waals surface area contributed by atoms with Gasteiger partial charge in [0.1, 0.15) is 12.4 Å². The molecule has 82 valence electrons. The van der Waals surface area contributed by atoms with Crippen LogP contribution in [0.1, 0.15) is 5.56 Å². The van der Waals surface area contributed by atoms with Crippen LogP contribution in [0.25, 0.3) is 0 Å². The predicted octanol–water partition coefficient (Wildman–Crippen LogP) is 2.44. The molecule has 0 saturated heterocycles. The molecule has 1 aromatic rings. The fourth-order valence-corrected chi connectivity index (χ4v) is 0.867. The Labute approximate surface area is 94.8 Å². The quantitative estimate of drug-likeness (QED) is 0.806. The second-order valence-corrected chi connectivity index (χ2v) is 3.01. The van der Waals surface area contributed by atoms with Crippen molar-refractivity contribution in [3.63, 3.8) is 0 Å². The summed E-state index contributed by atoms with van der Waals surface area (Å²) in [6.45, 7) is 5.35. The van der Waals surface area contributed by atoms with E-state index in [1.807, 2.05) is 19.1 Å². The number of aryl methyl sites for hydroxylation is 1. The standard InChI is InChI=1S/C11H12O3.ClH/c1-8-3-5-10(6-4-8)14-7-9(2)11(12)13;/h3-6H,2,7H2,1H3,(H,12,13);1H. The smallest absolute Gasteiger partial charge is 0.334 e. The molecule has 0 amide bonds. The molecule has 0 radical (unpaired) electrons. The number of carboxylic acids is 1. The third-order valence-electron chi connectivity index (χ3n) is 1.74. The van der Waals surface area contributed by atoms with Crippen LogP contribution in [0.2, 0.25) is 0 Å². The zero-order chi connectivity index (χ0) is 10.6. The maximum absolute atomic E-state index is 10.4. The monoisotopic (exact) mass is 228 g/mol. The summed E-state index contributed by atoms with van der Waals surface area (Å²) in [6.07, 6.45) is 0. The number of carbonyl (C=O) groups is 1. The number of ether oxygens (including phenoxy) is 1. The lowest BCUT2D eigenvalue weighted by Crippen LogP contribution is -2.08. The molecule has 3 nitrogen and oxygen atoms in total. The number of aliphatic carboxylic acids is 1. The lowest BCUT2D eigenvalue weighted by molar-refractivity contribution is -0.133. The Kier molecular flexibility index (Phi) is 5.49. The third-order valence-corrected chi connectivity index (χ3v) is 1.74. The van der Waals surface area contributed by atoms with Crippen LogP contribution < -0.4 is 4.74 Å². The van der Waals surface area contributed by atoms with Crippen molar-refractivity contribution in [1.29, 1.82) is 0 Å². The Morgan fingerprint density at radius 3 is 2.40 bits per heavy atom. The summed E-state index contributed by atoms with van der Waals surface area (Å²) in [5, 5.41) is 8.52. The fraction of sp³-hybridized carbons (Fsp3) is 0.182. The van der Waals surface area contributed by atoms with Gasteiger partial charge in [-0.25, -0.2) is 4.79 Å². The van der Waals surface area contributed by atoms with Crippen molar-refractivity contribution in [2.45, 2.75) is 6.92 Å². The molecule has 0 unspecified atom stereocenters. The van der Waals surface area contributed by atoms with Gasteiger partial charge in [-0.1, -0.05) is 24.3 Å². The molecule has 0 saturated carbocycles. The van der Waals surface area contributed by atoms with Crippen LogP contribution in [0.3, 0.4) is 0 Å². The van der Waals surface area contributed by atoms with E-state index in [0.29, 0.717) is 5.75 Å². The molecular formula is C11H13ClO3. The maximum Gasteiger partial charge on any atom is 0.334 e. The van der Waals surface area contributed by atoms with Crippen LogP contribution >= 0.6 is 12.4 Å². The van der Waals surface area contributed by atoms with Gasteiger partial charge in [-0.15, -0.1) is 12.4 Å². The Bertz CT molecular complexity index is 343. The van der Waals surface area contributed by atoms with Gasteiger partial charge in [0.15, 0.2) is 0 Å². The minimum atomic E-state index is -1.03. The van der Waals surface area contributed by atoms with Gasteiger partial charge in [0, 0.05) is 0 Å². The lowest BCUT2D eigenvalue weighted by Gasteiger charge is -2.05. The molecule has 0 heterocycles. The first kappa shape index (κ1) is 13.5. The second-order valence-electron chi connectivity index (χ2n) is 3.01. The Hall–Kier alpha value is -1.48. The molecule has 0 aliphatic heterocycles. The second kappa shape index (κ2) is 6.09. The summed E-state index contributed by atoms with van der Waals surface area (Å²) in [7, 11) is 0. The van der Waals surface area contributed by atoms with E-state index in [-0.39, 0.29) is 24.6 Å². The highest BCUT2D eigenvalue weighted by Crippen LogP contribution is 2.11. The molecule has 0 spiro atoms. The molecule has 0 aliphatic carbocycles. The van der Waals surface area contributed by atoms with Crippen molar-refractivity contribution in [1.82, 2.24) is 0 Å². The molecule has 4 heteroatoms. The topological polar surface area (TPSA) is 46.5 Å². The van der Waals surface area contributed by atoms with Crippen LogP contribution in [-0.2, 0) is 4.79 Å². The van der Waals surface area contributed by atoms with E-state index in [0.717, 1.165) is 5.56 Å². The molecule has 0 fully saturated rings. The maximum atomic E-state index is 10.4. The van der Waals surface area contributed by atoms with Crippen molar-refractivity contribution < 1.29 is 14.6 Å². The number of hydrogen-bond acceptors (Lipinski definition) is 2. The average molecular weight is 229 g/mol. The van der Waals surface area contributed by atoms with E-state index in [1.165, 1.54) is 0 Å². The zero-order valence-electron chi connectivity index (χ0n) is 8.40. The first-order chi connectivity index (χ1) is 6.59. The van der Waals surface area contributed by atoms with Gasteiger partial charge in [-0.05, 0) is 19.1 Å². The zero-order valence-corrected chi connectivity index (χ0v) is 9.21. The van der Waals surface area contributed by atoms with Crippen LogP contribution in [0.5, 0.6) is 5.75 Å². The molecule has 1 N–H and O–H groups in total. The minimum absolute atomic E-state index is 0. The Balaban J connectivity index is 0.00000196. The van der Waals surface area contributed by atoms with E-state index in [2.05, 4.69) is 6.58 Å². The minimum Gasteiger partial charge on any atom is -0.489 e. The highest BCUT2D eigenvalue weighted by molar-refractivity contribution is 5.86. The number of halogens is 1. The SMILES string of the molecule is C=C(COc1ccc(C)cc1)C(=O)O.Cl. The van der Waals surface area contributed by atoms with Gasteiger partial charge in [-0.2, -0.15) is 0 Å². The number of hydrogen-bond donors (Lipinski definition) is 1. The molecule has 0 bridgehead atoms. The van der Waals surface area contributed by atoms with E-state index in [4.69, 9.17) is 9.84 Å². The lowest BCUT2D eigenvalue weighted by atomic mass is 10.2. The van der Waals surface area contributed by atoms with Gasteiger partial charge in [0.2, 0.25) is 0 Å². The molecule has 0 atom stereocenters. The van der Waals surface area contributed by atoms with E-state index >= 15 is 0 Å². The van der Waals surface area contributed by atoms with Gasteiger partial charge in [0.05, 0.1) is 5.57 Å². The fourth-order valence-electron chi connectivity index (χ4n) is 0.867. The van der Waals surface area contributed by atoms with E-state index in [9.17, 15) is 4.79 Å². The summed E-state index contributed by atoms with van der Waals surface area (Å²) < 4.78 is 5.20. The van der Waals surface area contributed by atoms with Crippen molar-refractivity contribution in [2.75, 3.05) is 6.61 Å². The molecule has 0 aromatic heterocycles. The summed E-state index contributed by atoms with van der Waals surface area (Å²) in [6, 6.07) is 7.40. The average Bonchev–Trinajstić information content (AvgIpc) is 2.16. The summed E-state index contributed by atoms with van der Waals surface area (Å²) >= 11 is 0. The third kappa shape index (κ3) is 4.51. The van der Waals surface area contributed by atoms with Crippen LogP contribution in [-0.4, -0.2) is 17.7 Å². The van der Waals surface area contributed by atoms with Crippen LogP contribution in [0, 0.1) is 6.92 Å². The molecular weight excluding hydrogens is 216 g/mol. The van der Waals surface area contributed by atoms with Crippen molar-refractivity contribution >= 4 is 18.4 Å². The van der Waals surface area contributed by atoms with Crippen LogP contribution in [0.15, 0.2) is 36.4 Å². The van der Waals surface area contributed by atoms with Crippen molar-refractivity contribution in [3.05, 3.63) is 42.0 Å². The van der Waals surface area contributed by atoms with Crippen LogP contribution in [0.4, 0.5) is 0 Å². The van der Waals surface area contributed by atoms with Gasteiger partial charge < -0.3 is 9.84 Å². The number of rotatable bonds is 4. The molecule has 1 aromatic carbocycles. The largest absolute Gasteiger partial charge is 0.489 e. The summed E-state index contributed by atoms with van der Waals surface area (Å²) in [4.78, 5) is 10.4. The Morgan fingerprint density at radius 2 is 1.93 bits per heavy atom. The van der Waals surface area contributed by atoms with E-state index < -0.39 is 5.97 Å². The summed E-state index contributed by atoms with van der Waals surface area (Å²) in [5.41, 5.74) is 1.18. The summed E-state index contributed by atoms with van der Waals surface area (Å²) in [5.74, 6) is -0.380. The molecule has 1 rings (SSSR count).